The molecule has 0 radical (unpaired) electrons. The predicted octanol–water partition coefficient (Wildman–Crippen LogP) is 3.86. The zero-order valence-electron chi connectivity index (χ0n) is 16.2. The first-order chi connectivity index (χ1) is 12.6. The summed E-state index contributed by atoms with van der Waals surface area (Å²) in [6.45, 7) is 8.11. The van der Waals surface area contributed by atoms with E-state index in [0.717, 1.165) is 40.6 Å². The standard InChI is InChI=1S/C19H26N4O3.HI/c1-12(18-13(2)23-26-14(18)3)11-21-19(20-4)22-15-6-7-16-17(10-15)25-9-5-8-24-16;/h6-7,10,12H,5,8-9,11H2,1-4H3,(H2,20,21,22);1H. The maximum Gasteiger partial charge on any atom is 0.195 e. The molecule has 1 aliphatic heterocycles. The molecule has 0 bridgehead atoms. The van der Waals surface area contributed by atoms with Gasteiger partial charge in [0.05, 0.1) is 18.9 Å². The van der Waals surface area contributed by atoms with Gasteiger partial charge in [-0.2, -0.15) is 0 Å². The van der Waals surface area contributed by atoms with E-state index >= 15 is 0 Å². The van der Waals surface area contributed by atoms with E-state index in [1.54, 1.807) is 7.05 Å². The number of halogens is 1. The minimum atomic E-state index is 0. The number of rotatable bonds is 4. The number of aromatic nitrogens is 1. The van der Waals surface area contributed by atoms with Gasteiger partial charge >= 0.3 is 0 Å². The van der Waals surface area contributed by atoms with Gasteiger partial charge in [0.2, 0.25) is 0 Å². The fraction of sp³-hybridized carbons (Fsp3) is 0.474. The SMILES string of the molecule is CN=C(NCC(C)c1c(C)noc1C)Nc1ccc2c(c1)OCCCO2.I. The minimum absolute atomic E-state index is 0. The summed E-state index contributed by atoms with van der Waals surface area (Å²) in [6, 6.07) is 5.81. The average molecular weight is 486 g/mol. The third-order valence-electron chi connectivity index (χ3n) is 4.39. The number of guanidine groups is 1. The number of aryl methyl sites for hydroxylation is 2. The first kappa shape index (κ1) is 21.3. The summed E-state index contributed by atoms with van der Waals surface area (Å²) in [6.07, 6.45) is 0.889. The zero-order valence-corrected chi connectivity index (χ0v) is 18.5. The van der Waals surface area contributed by atoms with Gasteiger partial charge in [-0.3, -0.25) is 4.99 Å². The van der Waals surface area contributed by atoms with Crippen LogP contribution in [0.1, 0.15) is 36.3 Å². The average Bonchev–Trinajstić information content (AvgIpc) is 2.84. The number of ether oxygens (including phenoxy) is 2. The fourth-order valence-electron chi connectivity index (χ4n) is 3.10. The minimum Gasteiger partial charge on any atom is -0.490 e. The van der Waals surface area contributed by atoms with Gasteiger partial charge in [0.15, 0.2) is 17.5 Å². The molecule has 0 fully saturated rings. The number of nitrogens with zero attached hydrogens (tertiary/aromatic N) is 2. The molecular weight excluding hydrogens is 459 g/mol. The van der Waals surface area contributed by atoms with Crippen molar-refractivity contribution in [1.82, 2.24) is 10.5 Å². The van der Waals surface area contributed by atoms with Crippen LogP contribution in [0, 0.1) is 13.8 Å². The molecule has 1 aromatic carbocycles. The molecule has 1 aliphatic rings. The van der Waals surface area contributed by atoms with Crippen molar-refractivity contribution in [2.24, 2.45) is 4.99 Å². The van der Waals surface area contributed by atoms with E-state index in [2.05, 4.69) is 27.7 Å². The van der Waals surface area contributed by atoms with Crippen LogP contribution < -0.4 is 20.1 Å². The fourth-order valence-corrected chi connectivity index (χ4v) is 3.10. The van der Waals surface area contributed by atoms with Crippen LogP contribution in [0.3, 0.4) is 0 Å². The Morgan fingerprint density at radius 3 is 2.63 bits per heavy atom. The van der Waals surface area contributed by atoms with Crippen molar-refractivity contribution in [3.63, 3.8) is 0 Å². The van der Waals surface area contributed by atoms with Gasteiger partial charge in [0.25, 0.3) is 0 Å². The molecule has 2 aromatic rings. The molecule has 7 nitrogen and oxygen atoms in total. The van der Waals surface area contributed by atoms with Crippen LogP contribution in [0.2, 0.25) is 0 Å². The third kappa shape index (κ3) is 5.27. The summed E-state index contributed by atoms with van der Waals surface area (Å²) < 4.78 is 16.7. The molecule has 1 aromatic heterocycles. The summed E-state index contributed by atoms with van der Waals surface area (Å²) in [5.41, 5.74) is 2.97. The normalized spacial score (nSPS) is 14.7. The van der Waals surface area contributed by atoms with E-state index in [1.165, 1.54) is 0 Å². The molecule has 0 saturated carbocycles. The van der Waals surface area contributed by atoms with Gasteiger partial charge in [-0.05, 0) is 26.0 Å². The maximum atomic E-state index is 5.74. The molecule has 0 spiro atoms. The van der Waals surface area contributed by atoms with E-state index in [9.17, 15) is 0 Å². The predicted molar refractivity (Wildman–Crippen MR) is 117 cm³/mol. The number of benzene rings is 1. The zero-order chi connectivity index (χ0) is 18.5. The van der Waals surface area contributed by atoms with E-state index in [0.29, 0.717) is 25.7 Å². The topological polar surface area (TPSA) is 80.9 Å². The van der Waals surface area contributed by atoms with Crippen LogP contribution in [0.15, 0.2) is 27.7 Å². The number of hydrogen-bond donors (Lipinski definition) is 2. The molecule has 0 saturated heterocycles. The van der Waals surface area contributed by atoms with Gasteiger partial charge in [-0.25, -0.2) is 0 Å². The van der Waals surface area contributed by atoms with Gasteiger partial charge in [-0.1, -0.05) is 12.1 Å². The highest BCUT2D eigenvalue weighted by Crippen LogP contribution is 2.32. The van der Waals surface area contributed by atoms with Crippen molar-refractivity contribution in [3.8, 4) is 11.5 Å². The smallest absolute Gasteiger partial charge is 0.195 e. The Kier molecular flexibility index (Phi) is 7.76. The van der Waals surface area contributed by atoms with Crippen molar-refractivity contribution in [3.05, 3.63) is 35.2 Å². The molecule has 2 N–H and O–H groups in total. The van der Waals surface area contributed by atoms with Crippen LogP contribution in [0.5, 0.6) is 11.5 Å². The van der Waals surface area contributed by atoms with Crippen molar-refractivity contribution in [1.29, 1.82) is 0 Å². The Balaban J connectivity index is 0.00000261. The highest BCUT2D eigenvalue weighted by molar-refractivity contribution is 14.0. The summed E-state index contributed by atoms with van der Waals surface area (Å²) in [7, 11) is 1.75. The maximum absolute atomic E-state index is 5.74. The van der Waals surface area contributed by atoms with Gasteiger partial charge in [0.1, 0.15) is 5.76 Å². The van der Waals surface area contributed by atoms with Crippen molar-refractivity contribution < 1.29 is 14.0 Å². The highest BCUT2D eigenvalue weighted by Gasteiger charge is 2.17. The Morgan fingerprint density at radius 1 is 1.22 bits per heavy atom. The van der Waals surface area contributed by atoms with Gasteiger partial charge in [0, 0.05) is 43.2 Å². The number of nitrogens with one attached hydrogen (secondary N) is 2. The third-order valence-corrected chi connectivity index (χ3v) is 4.39. The monoisotopic (exact) mass is 486 g/mol. The van der Waals surface area contributed by atoms with Crippen LogP contribution in [0.4, 0.5) is 5.69 Å². The molecule has 148 valence electrons. The number of aliphatic imine (C=N–C) groups is 1. The lowest BCUT2D eigenvalue weighted by Crippen LogP contribution is -2.33. The molecule has 2 heterocycles. The van der Waals surface area contributed by atoms with Gasteiger partial charge in [-0.15, -0.1) is 24.0 Å². The second-order valence-electron chi connectivity index (χ2n) is 6.43. The number of fused-ring (bicyclic) bond motifs is 1. The van der Waals surface area contributed by atoms with Crippen LogP contribution in [-0.2, 0) is 0 Å². The number of anilines is 1. The first-order valence-electron chi connectivity index (χ1n) is 8.88. The Morgan fingerprint density at radius 2 is 1.96 bits per heavy atom. The van der Waals surface area contributed by atoms with Crippen LogP contribution in [-0.4, -0.2) is 37.9 Å². The molecule has 3 rings (SSSR count). The lowest BCUT2D eigenvalue weighted by Gasteiger charge is -2.17. The summed E-state index contributed by atoms with van der Waals surface area (Å²) >= 11 is 0. The summed E-state index contributed by atoms with van der Waals surface area (Å²) in [5.74, 6) is 3.35. The molecule has 0 aliphatic carbocycles. The second-order valence-corrected chi connectivity index (χ2v) is 6.43. The summed E-state index contributed by atoms with van der Waals surface area (Å²) in [5, 5.41) is 10.7. The molecular formula is C19H27IN4O3. The Labute approximate surface area is 176 Å². The van der Waals surface area contributed by atoms with Gasteiger partial charge < -0.3 is 24.6 Å². The lowest BCUT2D eigenvalue weighted by atomic mass is 10.00. The summed E-state index contributed by atoms with van der Waals surface area (Å²) in [4.78, 5) is 4.30. The van der Waals surface area contributed by atoms with E-state index in [1.807, 2.05) is 32.0 Å². The van der Waals surface area contributed by atoms with E-state index in [-0.39, 0.29) is 29.9 Å². The molecule has 1 unspecified atom stereocenters. The first-order valence-corrected chi connectivity index (χ1v) is 8.88. The molecule has 8 heteroatoms. The number of hydrogen-bond acceptors (Lipinski definition) is 5. The van der Waals surface area contributed by atoms with E-state index in [4.69, 9.17) is 14.0 Å². The quantitative estimate of drug-likeness (QED) is 0.388. The van der Waals surface area contributed by atoms with Crippen molar-refractivity contribution in [2.75, 3.05) is 32.1 Å². The lowest BCUT2D eigenvalue weighted by molar-refractivity contribution is 0.297. The second kappa shape index (κ2) is 9.82. The Hall–Kier alpha value is -1.97. The van der Waals surface area contributed by atoms with Crippen molar-refractivity contribution in [2.45, 2.75) is 33.1 Å². The van der Waals surface area contributed by atoms with E-state index < -0.39 is 0 Å². The largest absolute Gasteiger partial charge is 0.490 e. The van der Waals surface area contributed by atoms with Crippen LogP contribution >= 0.6 is 24.0 Å². The molecule has 1 atom stereocenters. The van der Waals surface area contributed by atoms with Crippen molar-refractivity contribution >= 4 is 35.6 Å². The highest BCUT2D eigenvalue weighted by atomic mass is 127. The Bertz CT molecular complexity index is 772. The van der Waals surface area contributed by atoms with Crippen LogP contribution in [0.25, 0.3) is 0 Å². The molecule has 27 heavy (non-hydrogen) atoms. The molecule has 0 amide bonds.